The van der Waals surface area contributed by atoms with Crippen LogP contribution in [0.2, 0.25) is 0 Å². The molecule has 0 aliphatic rings. The Bertz CT molecular complexity index is 699. The van der Waals surface area contributed by atoms with Gasteiger partial charge < -0.3 is 14.6 Å². The van der Waals surface area contributed by atoms with Crippen LogP contribution < -0.4 is 10.1 Å². The molecule has 0 unspecified atom stereocenters. The lowest BCUT2D eigenvalue weighted by molar-refractivity contribution is 0.0818. The maximum atomic E-state index is 12.4. The maximum Gasteiger partial charge on any atom is 0.272 e. The molecule has 1 heterocycles. The minimum absolute atomic E-state index is 0.0398. The molecule has 0 radical (unpaired) electrons. The van der Waals surface area contributed by atoms with Crippen molar-refractivity contribution in [3.05, 3.63) is 46.8 Å². The number of hydrogen-bond acceptors (Lipinski definition) is 4. The van der Waals surface area contributed by atoms with Crippen molar-refractivity contribution in [2.24, 2.45) is 0 Å². The summed E-state index contributed by atoms with van der Waals surface area (Å²) in [6.45, 7) is 5.13. The molecule has 1 aromatic carbocycles. The topological polar surface area (TPSA) is 64.4 Å². The number of halogens is 2. The molecule has 2 aromatic rings. The number of aryl methyl sites for hydroxylation is 1. The average molecular weight is 338 g/mol. The predicted molar refractivity (Wildman–Crippen MR) is 84.4 cm³/mol. The van der Waals surface area contributed by atoms with E-state index in [1.165, 1.54) is 0 Å². The van der Waals surface area contributed by atoms with Crippen molar-refractivity contribution in [1.82, 2.24) is 10.5 Å². The summed E-state index contributed by atoms with van der Waals surface area (Å²) in [6, 6.07) is 6.67. The zero-order chi connectivity index (χ0) is 17.7. The second-order valence-electron chi connectivity index (χ2n) is 5.69. The van der Waals surface area contributed by atoms with Crippen LogP contribution in [0.25, 0.3) is 0 Å². The van der Waals surface area contributed by atoms with Crippen molar-refractivity contribution < 1.29 is 22.8 Å². The molecule has 0 aliphatic carbocycles. The van der Waals surface area contributed by atoms with Gasteiger partial charge in [0.1, 0.15) is 17.9 Å². The minimum atomic E-state index is -2.53. The highest BCUT2D eigenvalue weighted by atomic mass is 19.3. The Hall–Kier alpha value is -2.44. The van der Waals surface area contributed by atoms with E-state index in [4.69, 9.17) is 9.26 Å². The third-order valence-corrected chi connectivity index (χ3v) is 3.37. The van der Waals surface area contributed by atoms with Crippen LogP contribution in [-0.4, -0.2) is 24.1 Å². The summed E-state index contributed by atoms with van der Waals surface area (Å²) >= 11 is 0. The van der Waals surface area contributed by atoms with Gasteiger partial charge in [-0.1, -0.05) is 31.1 Å². The first-order valence-corrected chi connectivity index (χ1v) is 7.62. The molecule has 130 valence electrons. The van der Waals surface area contributed by atoms with Crippen molar-refractivity contribution in [2.75, 3.05) is 6.61 Å². The number of ether oxygens (including phenoxy) is 1. The van der Waals surface area contributed by atoms with Gasteiger partial charge in [0.05, 0.1) is 5.69 Å². The van der Waals surface area contributed by atoms with Crippen molar-refractivity contribution in [3.63, 3.8) is 0 Å². The Morgan fingerprint density at radius 2 is 2.12 bits per heavy atom. The SMILES string of the molecule is Cc1noc(C(C)C)c1C(=O)NCc1cccc(OCC(F)F)c1. The van der Waals surface area contributed by atoms with E-state index in [-0.39, 0.29) is 18.4 Å². The number of benzene rings is 1. The minimum Gasteiger partial charge on any atom is -0.488 e. The van der Waals surface area contributed by atoms with Crippen LogP contribution in [0.15, 0.2) is 28.8 Å². The number of aromatic nitrogens is 1. The molecule has 1 amide bonds. The summed E-state index contributed by atoms with van der Waals surface area (Å²) in [5.74, 6) is 0.638. The van der Waals surface area contributed by atoms with E-state index in [1.807, 2.05) is 13.8 Å². The van der Waals surface area contributed by atoms with Gasteiger partial charge in [-0.05, 0) is 24.6 Å². The number of carbonyl (C=O) groups excluding carboxylic acids is 1. The van der Waals surface area contributed by atoms with Crippen LogP contribution in [0.5, 0.6) is 5.75 Å². The number of rotatable bonds is 7. The van der Waals surface area contributed by atoms with Gasteiger partial charge in [-0.25, -0.2) is 8.78 Å². The van der Waals surface area contributed by atoms with Gasteiger partial charge in [0.2, 0.25) is 0 Å². The highest BCUT2D eigenvalue weighted by Crippen LogP contribution is 2.22. The van der Waals surface area contributed by atoms with Crippen molar-refractivity contribution in [2.45, 2.75) is 39.7 Å². The van der Waals surface area contributed by atoms with E-state index in [0.29, 0.717) is 22.8 Å². The van der Waals surface area contributed by atoms with Crippen LogP contribution in [0, 0.1) is 6.92 Å². The molecule has 1 aromatic heterocycles. The number of carbonyl (C=O) groups is 1. The van der Waals surface area contributed by atoms with Gasteiger partial charge in [0, 0.05) is 12.5 Å². The fourth-order valence-corrected chi connectivity index (χ4v) is 2.23. The van der Waals surface area contributed by atoms with E-state index in [9.17, 15) is 13.6 Å². The quantitative estimate of drug-likeness (QED) is 0.836. The molecule has 0 bridgehead atoms. The lowest BCUT2D eigenvalue weighted by atomic mass is 10.0. The van der Waals surface area contributed by atoms with Crippen LogP contribution in [-0.2, 0) is 6.54 Å². The van der Waals surface area contributed by atoms with Crippen LogP contribution >= 0.6 is 0 Å². The molecule has 0 saturated heterocycles. The molecule has 24 heavy (non-hydrogen) atoms. The number of nitrogens with one attached hydrogen (secondary N) is 1. The Morgan fingerprint density at radius 3 is 2.79 bits per heavy atom. The third-order valence-electron chi connectivity index (χ3n) is 3.37. The fraction of sp³-hybridized carbons (Fsp3) is 0.412. The van der Waals surface area contributed by atoms with Gasteiger partial charge in [0.15, 0.2) is 5.76 Å². The monoisotopic (exact) mass is 338 g/mol. The highest BCUT2D eigenvalue weighted by Gasteiger charge is 2.22. The number of alkyl halides is 2. The lowest BCUT2D eigenvalue weighted by Crippen LogP contribution is -2.24. The molecule has 5 nitrogen and oxygen atoms in total. The molecule has 0 spiro atoms. The summed E-state index contributed by atoms with van der Waals surface area (Å²) in [5.41, 5.74) is 1.72. The molecular weight excluding hydrogens is 318 g/mol. The van der Waals surface area contributed by atoms with Crippen molar-refractivity contribution in [1.29, 1.82) is 0 Å². The first kappa shape index (κ1) is 17.9. The Balaban J connectivity index is 2.02. The highest BCUT2D eigenvalue weighted by molar-refractivity contribution is 5.96. The second kappa shape index (κ2) is 7.90. The zero-order valence-electron chi connectivity index (χ0n) is 13.8. The normalized spacial score (nSPS) is 11.1. The van der Waals surface area contributed by atoms with Crippen LogP contribution in [0.1, 0.15) is 47.1 Å². The van der Waals surface area contributed by atoms with Gasteiger partial charge in [-0.15, -0.1) is 0 Å². The standard InChI is InChI=1S/C17H20F2N2O3/c1-10(2)16-15(11(3)21-24-16)17(22)20-8-12-5-4-6-13(7-12)23-9-14(18)19/h4-7,10,14H,8-9H2,1-3H3,(H,20,22). The summed E-state index contributed by atoms with van der Waals surface area (Å²) in [6.07, 6.45) is -2.53. The van der Waals surface area contributed by atoms with Crippen LogP contribution in [0.4, 0.5) is 8.78 Å². The van der Waals surface area contributed by atoms with Crippen LogP contribution in [0.3, 0.4) is 0 Å². The second-order valence-corrected chi connectivity index (χ2v) is 5.69. The van der Waals surface area contributed by atoms with E-state index >= 15 is 0 Å². The molecule has 0 saturated carbocycles. The number of amides is 1. The lowest BCUT2D eigenvalue weighted by Gasteiger charge is -2.09. The van der Waals surface area contributed by atoms with Crippen molar-refractivity contribution in [3.8, 4) is 5.75 Å². The fourth-order valence-electron chi connectivity index (χ4n) is 2.23. The van der Waals surface area contributed by atoms with E-state index in [1.54, 1.807) is 31.2 Å². The molecule has 0 fully saturated rings. The summed E-state index contributed by atoms with van der Waals surface area (Å²) in [7, 11) is 0. The van der Waals surface area contributed by atoms with Crippen molar-refractivity contribution >= 4 is 5.91 Å². The average Bonchev–Trinajstić information content (AvgIpc) is 2.93. The van der Waals surface area contributed by atoms with E-state index in [0.717, 1.165) is 5.56 Å². The van der Waals surface area contributed by atoms with E-state index < -0.39 is 13.0 Å². The van der Waals surface area contributed by atoms with Gasteiger partial charge >= 0.3 is 0 Å². The predicted octanol–water partition coefficient (Wildman–Crippen LogP) is 3.68. The third kappa shape index (κ3) is 4.53. The molecule has 0 aliphatic heterocycles. The molecular formula is C17H20F2N2O3. The number of hydrogen-bond donors (Lipinski definition) is 1. The summed E-state index contributed by atoms with van der Waals surface area (Å²) in [4.78, 5) is 12.4. The maximum absolute atomic E-state index is 12.4. The molecule has 0 atom stereocenters. The Morgan fingerprint density at radius 1 is 1.38 bits per heavy atom. The first-order chi connectivity index (χ1) is 11.4. The molecule has 1 N–H and O–H groups in total. The molecule has 7 heteroatoms. The summed E-state index contributed by atoms with van der Waals surface area (Å²) in [5, 5.41) is 6.63. The Labute approximate surface area is 139 Å². The van der Waals surface area contributed by atoms with Gasteiger partial charge in [-0.3, -0.25) is 4.79 Å². The Kier molecular flexibility index (Phi) is 5.89. The van der Waals surface area contributed by atoms with Gasteiger partial charge in [0.25, 0.3) is 12.3 Å². The largest absolute Gasteiger partial charge is 0.488 e. The number of nitrogens with zero attached hydrogens (tertiary/aromatic N) is 1. The van der Waals surface area contributed by atoms with Gasteiger partial charge in [-0.2, -0.15) is 0 Å². The summed E-state index contributed by atoms with van der Waals surface area (Å²) < 4.78 is 34.5. The van der Waals surface area contributed by atoms with E-state index in [2.05, 4.69) is 10.5 Å². The molecule has 2 rings (SSSR count). The smallest absolute Gasteiger partial charge is 0.272 e. The first-order valence-electron chi connectivity index (χ1n) is 7.62. The zero-order valence-corrected chi connectivity index (χ0v) is 13.8.